The van der Waals surface area contributed by atoms with Gasteiger partial charge in [-0.25, -0.2) is 4.39 Å². The maximum Gasteiger partial charge on any atom is 0.150 e. The zero-order chi connectivity index (χ0) is 7.72. The van der Waals surface area contributed by atoms with Gasteiger partial charge >= 0.3 is 0 Å². The highest BCUT2D eigenvalue weighted by Crippen LogP contribution is 2.23. The van der Waals surface area contributed by atoms with Gasteiger partial charge in [-0.1, -0.05) is 0 Å². The molecule has 0 aliphatic heterocycles. The molecule has 1 rings (SSSR count). The van der Waals surface area contributed by atoms with Crippen LogP contribution in [-0.4, -0.2) is 0 Å². The summed E-state index contributed by atoms with van der Waals surface area (Å²) in [7, 11) is 0. The fourth-order valence-corrected chi connectivity index (χ4v) is 1.76. The summed E-state index contributed by atoms with van der Waals surface area (Å²) < 4.78 is 13.3. The lowest BCUT2D eigenvalue weighted by molar-refractivity contribution is 0.595. The van der Waals surface area contributed by atoms with Gasteiger partial charge in [-0.2, -0.15) is 0 Å². The Morgan fingerprint density at radius 2 is 2.10 bits per heavy atom. The highest BCUT2D eigenvalue weighted by atomic mass is 79.9. The van der Waals surface area contributed by atoms with Gasteiger partial charge < -0.3 is 0 Å². The minimum atomic E-state index is -0.297. The van der Waals surface area contributed by atoms with Gasteiger partial charge in [0.1, 0.15) is 0 Å². The van der Waals surface area contributed by atoms with E-state index in [1.807, 2.05) is 6.92 Å². The predicted octanol–water partition coefficient (Wildman–Crippen LogP) is 3.19. The van der Waals surface area contributed by atoms with E-state index in [0.29, 0.717) is 9.37 Å². The van der Waals surface area contributed by atoms with Crippen LogP contribution in [0.15, 0.2) is 21.5 Å². The molecule has 1 aromatic rings. The second-order valence-electron chi connectivity index (χ2n) is 2.08. The lowest BCUT2D eigenvalue weighted by Gasteiger charge is -1.99. The van der Waals surface area contributed by atoms with Crippen LogP contribution in [0.1, 0.15) is 5.56 Å². The topological polar surface area (TPSA) is 0 Å². The number of rotatable bonds is 0. The molecule has 0 heterocycles. The van der Waals surface area contributed by atoms with Crippen LogP contribution in [0.3, 0.4) is 0 Å². The van der Waals surface area contributed by atoms with Gasteiger partial charge in [0.2, 0.25) is 0 Å². The lowest BCUT2D eigenvalue weighted by Crippen LogP contribution is -1.81. The first-order valence-corrected chi connectivity index (χ1v) is 4.00. The zero-order valence-corrected chi connectivity index (χ0v) is 7.84. The minimum Gasteiger partial charge on any atom is -0.205 e. The largest absolute Gasteiger partial charge is 0.205 e. The van der Waals surface area contributed by atoms with Crippen molar-refractivity contribution >= 4 is 28.6 Å². The first kappa shape index (κ1) is 8.08. The third-order valence-corrected chi connectivity index (χ3v) is 2.06. The average Bonchev–Trinajstić information content (AvgIpc) is 1.82. The zero-order valence-electron chi connectivity index (χ0n) is 5.36. The second kappa shape index (κ2) is 2.93. The molecule has 0 nitrogen and oxygen atoms in total. The molecule has 0 fully saturated rings. The van der Waals surface area contributed by atoms with E-state index in [2.05, 4.69) is 28.6 Å². The van der Waals surface area contributed by atoms with Gasteiger partial charge in [-0.05, 0) is 40.5 Å². The van der Waals surface area contributed by atoms with E-state index in [1.54, 1.807) is 12.1 Å². The van der Waals surface area contributed by atoms with Gasteiger partial charge in [0, 0.05) is 4.90 Å². The summed E-state index contributed by atoms with van der Waals surface area (Å²) in [6.45, 7) is 1.89. The fourth-order valence-electron chi connectivity index (χ4n) is 0.706. The molecule has 0 saturated carbocycles. The summed E-state index contributed by atoms with van der Waals surface area (Å²) >= 11 is 7.01. The van der Waals surface area contributed by atoms with E-state index in [1.165, 1.54) is 0 Å². The second-order valence-corrected chi connectivity index (χ2v) is 3.42. The highest BCUT2D eigenvalue weighted by molar-refractivity contribution is 9.10. The third-order valence-electron chi connectivity index (χ3n) is 1.15. The number of aryl methyl sites for hydroxylation is 1. The van der Waals surface area contributed by atoms with Crippen molar-refractivity contribution in [2.45, 2.75) is 11.8 Å². The number of thiol groups is 1. The van der Waals surface area contributed by atoms with Gasteiger partial charge in [-0.15, -0.1) is 12.6 Å². The van der Waals surface area contributed by atoms with E-state index in [4.69, 9.17) is 0 Å². The summed E-state index contributed by atoms with van der Waals surface area (Å²) in [5, 5.41) is 0. The molecule has 0 N–H and O–H groups in total. The summed E-state index contributed by atoms with van der Waals surface area (Å²) in [6.07, 6.45) is 0. The van der Waals surface area contributed by atoms with E-state index >= 15 is 0 Å². The van der Waals surface area contributed by atoms with E-state index in [-0.39, 0.29) is 5.82 Å². The molecule has 0 bridgehead atoms. The van der Waals surface area contributed by atoms with Crippen LogP contribution >= 0.6 is 28.6 Å². The van der Waals surface area contributed by atoms with Crippen LogP contribution in [-0.2, 0) is 0 Å². The van der Waals surface area contributed by atoms with Crippen LogP contribution in [0.5, 0.6) is 0 Å². The van der Waals surface area contributed by atoms with Crippen LogP contribution in [0.25, 0.3) is 0 Å². The number of benzene rings is 1. The Balaban J connectivity index is 3.31. The van der Waals surface area contributed by atoms with E-state index < -0.39 is 0 Å². The van der Waals surface area contributed by atoms with Crippen LogP contribution in [0.2, 0.25) is 0 Å². The highest BCUT2D eigenvalue weighted by Gasteiger charge is 2.02. The van der Waals surface area contributed by atoms with Gasteiger partial charge in [-0.3, -0.25) is 0 Å². The summed E-state index contributed by atoms with van der Waals surface area (Å²) in [6, 6.07) is 3.40. The molecule has 3 heteroatoms. The Kier molecular flexibility index (Phi) is 2.36. The van der Waals surface area contributed by atoms with Crippen molar-refractivity contribution < 1.29 is 4.39 Å². The van der Waals surface area contributed by atoms with Gasteiger partial charge in [0.05, 0.1) is 4.47 Å². The Labute approximate surface area is 73.0 Å². The molecular weight excluding hydrogens is 215 g/mol. The maximum absolute atomic E-state index is 12.8. The molecule has 10 heavy (non-hydrogen) atoms. The van der Waals surface area contributed by atoms with Crippen molar-refractivity contribution in [1.82, 2.24) is 0 Å². The van der Waals surface area contributed by atoms with Crippen LogP contribution in [0, 0.1) is 12.7 Å². The van der Waals surface area contributed by atoms with Gasteiger partial charge in [0.15, 0.2) is 5.82 Å². The number of halogens is 2. The van der Waals surface area contributed by atoms with Crippen molar-refractivity contribution in [3.63, 3.8) is 0 Å². The molecule has 0 aromatic heterocycles. The first-order valence-electron chi connectivity index (χ1n) is 2.76. The molecule has 54 valence electrons. The fraction of sp³-hybridized carbons (Fsp3) is 0.143. The molecule has 0 radical (unpaired) electrons. The van der Waals surface area contributed by atoms with Crippen LogP contribution in [0.4, 0.5) is 4.39 Å². The molecule has 0 atom stereocenters. The Morgan fingerprint density at radius 1 is 1.50 bits per heavy atom. The Hall–Kier alpha value is -0.0200. The predicted molar refractivity (Wildman–Crippen MR) is 46.1 cm³/mol. The molecule has 0 amide bonds. The van der Waals surface area contributed by atoms with Crippen molar-refractivity contribution in [3.05, 3.63) is 28.0 Å². The normalized spacial score (nSPS) is 10.0. The monoisotopic (exact) mass is 220 g/mol. The standard InChI is InChI=1S/C7H6BrFS/c1-4-2-5(8)7(9)6(10)3-4/h2-3,10H,1H3. The Bertz CT molecular complexity index is 237. The molecule has 0 aliphatic carbocycles. The third kappa shape index (κ3) is 1.52. The molecule has 0 spiro atoms. The van der Waals surface area contributed by atoms with Crippen molar-refractivity contribution in [3.8, 4) is 0 Å². The average molecular weight is 221 g/mol. The molecule has 0 saturated heterocycles. The summed E-state index contributed by atoms with van der Waals surface area (Å²) in [5.74, 6) is -0.297. The van der Waals surface area contributed by atoms with Crippen molar-refractivity contribution in [2.24, 2.45) is 0 Å². The SMILES string of the molecule is Cc1cc(S)c(F)c(Br)c1. The maximum atomic E-state index is 12.8. The lowest BCUT2D eigenvalue weighted by atomic mass is 10.2. The summed E-state index contributed by atoms with van der Waals surface area (Å²) in [5.41, 5.74) is 0.998. The van der Waals surface area contributed by atoms with E-state index in [0.717, 1.165) is 5.56 Å². The quantitative estimate of drug-likeness (QED) is 0.639. The molecule has 1 aromatic carbocycles. The minimum absolute atomic E-state index is 0.297. The molecule has 0 aliphatic rings. The van der Waals surface area contributed by atoms with E-state index in [9.17, 15) is 4.39 Å². The smallest absolute Gasteiger partial charge is 0.150 e. The number of hydrogen-bond donors (Lipinski definition) is 1. The van der Waals surface area contributed by atoms with Crippen LogP contribution < -0.4 is 0 Å². The van der Waals surface area contributed by atoms with Crippen molar-refractivity contribution in [2.75, 3.05) is 0 Å². The Morgan fingerprint density at radius 3 is 2.60 bits per heavy atom. The number of hydrogen-bond acceptors (Lipinski definition) is 1. The van der Waals surface area contributed by atoms with Crippen molar-refractivity contribution in [1.29, 1.82) is 0 Å². The molecular formula is C7H6BrFS. The first-order chi connectivity index (χ1) is 4.61. The summed E-state index contributed by atoms with van der Waals surface area (Å²) in [4.78, 5) is 0.381. The van der Waals surface area contributed by atoms with Gasteiger partial charge in [0.25, 0.3) is 0 Å². The molecule has 0 unspecified atom stereocenters.